The van der Waals surface area contributed by atoms with E-state index in [0.717, 1.165) is 0 Å². The topological polar surface area (TPSA) is 69.2 Å². The van der Waals surface area contributed by atoms with E-state index in [1.165, 1.54) is 0 Å². The predicted molar refractivity (Wildman–Crippen MR) is 31.6 cm³/mol. The summed E-state index contributed by atoms with van der Waals surface area (Å²) in [6.45, 7) is 4.71. The molecule has 3 nitrogen and oxygen atoms in total. The molecule has 0 saturated carbocycles. The van der Waals surface area contributed by atoms with E-state index in [-0.39, 0.29) is 45.7 Å². The number of hydrogen-bond acceptors (Lipinski definition) is 3. The van der Waals surface area contributed by atoms with Gasteiger partial charge in [-0.15, -0.1) is 19.8 Å². The Balaban J connectivity index is -0.0000000257. The molecule has 0 aliphatic rings. The van der Waals surface area contributed by atoms with Gasteiger partial charge in [0.1, 0.15) is 0 Å². The molecule has 0 aliphatic carbocycles. The van der Waals surface area contributed by atoms with Gasteiger partial charge in [0.2, 0.25) is 0 Å². The first-order valence-corrected chi connectivity index (χ1v) is 2.99. The summed E-state index contributed by atoms with van der Waals surface area (Å²) in [6, 6.07) is 0. The minimum absolute atomic E-state index is 0. The Morgan fingerprint density at radius 1 is 0.700 bits per heavy atom. The van der Waals surface area contributed by atoms with Crippen molar-refractivity contribution in [3.63, 3.8) is 0 Å². The van der Waals surface area contributed by atoms with Gasteiger partial charge >= 0.3 is 25.8 Å². The molecule has 0 atom stereocenters. The summed E-state index contributed by atoms with van der Waals surface area (Å²) in [7, 11) is 0. The molecule has 0 N–H and O–H groups in total. The molecule has 1 radical (unpaired) electrons. The summed E-state index contributed by atoms with van der Waals surface area (Å²) in [5, 5.41) is 26.8. The van der Waals surface area contributed by atoms with Crippen LogP contribution in [0.2, 0.25) is 0 Å². The van der Waals surface area contributed by atoms with E-state index in [2.05, 4.69) is 0 Å². The molecule has 0 spiro atoms. The molecule has 61 valence electrons. The summed E-state index contributed by atoms with van der Waals surface area (Å²) in [6.07, 6.45) is 0. The smallest absolute Gasteiger partial charge is 0.855 e. The van der Waals surface area contributed by atoms with E-state index in [9.17, 15) is 0 Å². The Hall–Kier alpha value is 0.750. The Labute approximate surface area is 81.9 Å². The standard InChI is InChI=1S/3C2H5O.Hf/c3*1-2-3;/h3*2H2,1H3;/q3*-1;+3. The van der Waals surface area contributed by atoms with Crippen molar-refractivity contribution in [1.82, 2.24) is 0 Å². The van der Waals surface area contributed by atoms with Gasteiger partial charge in [0.05, 0.1) is 0 Å². The fraction of sp³-hybridized carbons (Fsp3) is 1.00. The zero-order chi connectivity index (χ0) is 8.12. The molecule has 0 rings (SSSR count). The largest absolute Gasteiger partial charge is 3.00 e. The van der Waals surface area contributed by atoms with E-state index in [0.29, 0.717) is 0 Å². The molecule has 0 amide bonds. The van der Waals surface area contributed by atoms with Crippen molar-refractivity contribution in [1.29, 1.82) is 0 Å². The van der Waals surface area contributed by atoms with Gasteiger partial charge in [-0.1, -0.05) is 20.8 Å². The summed E-state index contributed by atoms with van der Waals surface area (Å²) in [5.41, 5.74) is 0. The van der Waals surface area contributed by atoms with Crippen molar-refractivity contribution in [2.45, 2.75) is 20.8 Å². The number of rotatable bonds is 0. The van der Waals surface area contributed by atoms with Crippen LogP contribution in [0.1, 0.15) is 20.8 Å². The maximum absolute atomic E-state index is 8.93. The first kappa shape index (κ1) is 22.4. The maximum Gasteiger partial charge on any atom is 3.00 e. The third-order valence-corrected chi connectivity index (χ3v) is 0. The van der Waals surface area contributed by atoms with Crippen LogP contribution in [0.3, 0.4) is 0 Å². The van der Waals surface area contributed by atoms with E-state index < -0.39 is 0 Å². The van der Waals surface area contributed by atoms with Crippen LogP contribution < -0.4 is 15.3 Å². The molecule has 4 heteroatoms. The minimum atomic E-state index is 0. The Morgan fingerprint density at radius 2 is 0.700 bits per heavy atom. The van der Waals surface area contributed by atoms with Crippen LogP contribution in [0.5, 0.6) is 0 Å². The van der Waals surface area contributed by atoms with Gasteiger partial charge in [0.25, 0.3) is 0 Å². The van der Waals surface area contributed by atoms with E-state index in [4.69, 9.17) is 15.3 Å². The van der Waals surface area contributed by atoms with E-state index in [1.807, 2.05) is 0 Å². The molecule has 0 fully saturated rings. The number of hydrogen-bond donors (Lipinski definition) is 0. The first-order chi connectivity index (χ1) is 4.24. The monoisotopic (exact) mass is 315 g/mol. The minimum Gasteiger partial charge on any atom is -0.855 e. The second-order valence-electron chi connectivity index (χ2n) is 0.866. The Kier molecular flexibility index (Phi) is 119. The molecule has 0 aromatic rings. The van der Waals surface area contributed by atoms with Crippen molar-refractivity contribution in [3.05, 3.63) is 0 Å². The summed E-state index contributed by atoms with van der Waals surface area (Å²) in [4.78, 5) is 0. The van der Waals surface area contributed by atoms with Gasteiger partial charge in [-0.3, -0.25) is 0 Å². The Morgan fingerprint density at radius 3 is 0.700 bits per heavy atom. The third-order valence-electron chi connectivity index (χ3n) is 0. The fourth-order valence-electron chi connectivity index (χ4n) is 0. The van der Waals surface area contributed by atoms with Crippen molar-refractivity contribution in [2.24, 2.45) is 0 Å². The second-order valence-corrected chi connectivity index (χ2v) is 0.866. The first-order valence-electron chi connectivity index (χ1n) is 2.99. The molecule has 0 unspecified atom stereocenters. The van der Waals surface area contributed by atoms with Crippen molar-refractivity contribution in [3.8, 4) is 0 Å². The maximum atomic E-state index is 8.93. The van der Waals surface area contributed by atoms with Crippen LogP contribution in [-0.4, -0.2) is 19.8 Å². The third kappa shape index (κ3) is 934. The van der Waals surface area contributed by atoms with Gasteiger partial charge in [-0.2, -0.15) is 0 Å². The molecular weight excluding hydrogens is 299 g/mol. The molecule has 0 aromatic carbocycles. The summed E-state index contributed by atoms with van der Waals surface area (Å²) in [5.74, 6) is 0. The van der Waals surface area contributed by atoms with Crippen LogP contribution in [0.25, 0.3) is 0 Å². The average molecular weight is 314 g/mol. The van der Waals surface area contributed by atoms with Crippen LogP contribution in [-0.2, 0) is 25.8 Å². The molecular formula is C6H15HfO3. The van der Waals surface area contributed by atoms with Crippen LogP contribution in [0, 0.1) is 0 Å². The average Bonchev–Trinajstić information content (AvgIpc) is 1.70. The predicted octanol–water partition coefficient (Wildman–Crippen LogP) is -1.90. The van der Waals surface area contributed by atoms with Crippen LogP contribution in [0.4, 0.5) is 0 Å². The van der Waals surface area contributed by atoms with Gasteiger partial charge < -0.3 is 15.3 Å². The molecule has 0 aliphatic heterocycles. The van der Waals surface area contributed by atoms with Crippen molar-refractivity contribution < 1.29 is 41.2 Å². The Bertz CT molecular complexity index is 17.7. The van der Waals surface area contributed by atoms with Gasteiger partial charge in [0.15, 0.2) is 0 Å². The zero-order valence-electron chi connectivity index (χ0n) is 6.85. The quantitative estimate of drug-likeness (QED) is 0.491. The van der Waals surface area contributed by atoms with Crippen molar-refractivity contribution >= 4 is 0 Å². The van der Waals surface area contributed by atoms with Gasteiger partial charge in [-0.05, 0) is 0 Å². The van der Waals surface area contributed by atoms with E-state index in [1.54, 1.807) is 20.8 Å². The molecule has 0 aromatic heterocycles. The van der Waals surface area contributed by atoms with Crippen LogP contribution in [0.15, 0.2) is 0 Å². The van der Waals surface area contributed by atoms with Gasteiger partial charge in [0, 0.05) is 0 Å². The summed E-state index contributed by atoms with van der Waals surface area (Å²) < 4.78 is 0. The summed E-state index contributed by atoms with van der Waals surface area (Å²) >= 11 is 0. The van der Waals surface area contributed by atoms with Gasteiger partial charge in [-0.25, -0.2) is 0 Å². The zero-order valence-corrected chi connectivity index (χ0v) is 10.4. The van der Waals surface area contributed by atoms with Crippen LogP contribution >= 0.6 is 0 Å². The normalized spacial score (nSPS) is 5.40. The SMILES string of the molecule is CC[O-].CC[O-].CC[O-].[Hf+3]. The molecule has 0 saturated heterocycles. The molecule has 10 heavy (non-hydrogen) atoms. The molecule has 0 bridgehead atoms. The van der Waals surface area contributed by atoms with Crippen molar-refractivity contribution in [2.75, 3.05) is 19.8 Å². The second kappa shape index (κ2) is 53.1. The molecule has 0 heterocycles. The van der Waals surface area contributed by atoms with E-state index >= 15 is 0 Å². The fourth-order valence-corrected chi connectivity index (χ4v) is 0.